The molecule has 3 rings (SSSR count). The van der Waals surface area contributed by atoms with Gasteiger partial charge in [0.25, 0.3) is 0 Å². The summed E-state index contributed by atoms with van der Waals surface area (Å²) in [4.78, 5) is 14.7. The van der Waals surface area contributed by atoms with E-state index in [2.05, 4.69) is 42.3 Å². The van der Waals surface area contributed by atoms with Crippen molar-refractivity contribution in [2.24, 2.45) is 5.92 Å². The molecule has 1 aromatic rings. The maximum absolute atomic E-state index is 12.3. The molecule has 1 saturated heterocycles. The van der Waals surface area contributed by atoms with E-state index in [0.29, 0.717) is 19.1 Å². The molecule has 1 heterocycles. The minimum Gasteiger partial charge on any atom is -0.373 e. The van der Waals surface area contributed by atoms with Gasteiger partial charge < -0.3 is 14.8 Å². The molecule has 144 valence electrons. The van der Waals surface area contributed by atoms with Gasteiger partial charge in [-0.25, -0.2) is 0 Å². The first-order valence-electron chi connectivity index (χ1n) is 9.85. The van der Waals surface area contributed by atoms with E-state index in [4.69, 9.17) is 9.47 Å². The van der Waals surface area contributed by atoms with Gasteiger partial charge in [-0.15, -0.1) is 0 Å². The molecule has 5 heteroatoms. The Morgan fingerprint density at radius 1 is 1.23 bits per heavy atom. The lowest BCUT2D eigenvalue weighted by Crippen LogP contribution is -2.45. The molecule has 2 aliphatic rings. The van der Waals surface area contributed by atoms with Gasteiger partial charge in [0, 0.05) is 26.2 Å². The number of amides is 1. The molecule has 26 heavy (non-hydrogen) atoms. The fraction of sp³-hybridized carbons (Fsp3) is 0.667. The summed E-state index contributed by atoms with van der Waals surface area (Å²) < 4.78 is 11.5. The van der Waals surface area contributed by atoms with Crippen molar-refractivity contribution in [3.8, 4) is 0 Å². The Labute approximate surface area is 157 Å². The minimum atomic E-state index is -0.385. The van der Waals surface area contributed by atoms with Gasteiger partial charge in [0.1, 0.15) is 6.10 Å². The fourth-order valence-corrected chi connectivity index (χ4v) is 3.51. The Balaban J connectivity index is 1.52. The van der Waals surface area contributed by atoms with Gasteiger partial charge in [-0.1, -0.05) is 24.3 Å². The number of hydrogen-bond acceptors (Lipinski definition) is 4. The normalized spacial score (nSPS) is 25.0. The van der Waals surface area contributed by atoms with E-state index < -0.39 is 0 Å². The summed E-state index contributed by atoms with van der Waals surface area (Å²) in [6, 6.07) is 8.34. The Morgan fingerprint density at radius 2 is 1.88 bits per heavy atom. The summed E-state index contributed by atoms with van der Waals surface area (Å²) >= 11 is 0. The molecule has 1 N–H and O–H groups in total. The lowest BCUT2D eigenvalue weighted by atomic mass is 10.1. The minimum absolute atomic E-state index is 0.0333. The quantitative estimate of drug-likeness (QED) is 0.774. The summed E-state index contributed by atoms with van der Waals surface area (Å²) in [5, 5.41) is 3.03. The number of ether oxygens (including phenoxy) is 2. The van der Waals surface area contributed by atoms with Crippen LogP contribution in [-0.2, 0) is 27.4 Å². The lowest BCUT2D eigenvalue weighted by Gasteiger charge is -2.35. The Kier molecular flexibility index (Phi) is 6.68. The second-order valence-electron chi connectivity index (χ2n) is 7.86. The number of hydrogen-bond donors (Lipinski definition) is 1. The maximum Gasteiger partial charge on any atom is 0.249 e. The van der Waals surface area contributed by atoms with Crippen molar-refractivity contribution < 1.29 is 14.3 Å². The predicted octanol–water partition coefficient (Wildman–Crippen LogP) is 2.73. The van der Waals surface area contributed by atoms with Crippen LogP contribution in [0.15, 0.2) is 24.3 Å². The van der Waals surface area contributed by atoms with Crippen LogP contribution in [0.5, 0.6) is 0 Å². The average molecular weight is 360 g/mol. The molecule has 3 atom stereocenters. The highest BCUT2D eigenvalue weighted by Gasteiger charge is 2.24. The van der Waals surface area contributed by atoms with Gasteiger partial charge in [-0.05, 0) is 50.7 Å². The molecular weight excluding hydrogens is 328 g/mol. The average Bonchev–Trinajstić information content (AvgIpc) is 3.42. The summed E-state index contributed by atoms with van der Waals surface area (Å²) in [7, 11) is 0. The molecule has 0 aromatic heterocycles. The second kappa shape index (κ2) is 8.98. The van der Waals surface area contributed by atoms with Crippen LogP contribution in [0.25, 0.3) is 0 Å². The molecule has 1 saturated carbocycles. The van der Waals surface area contributed by atoms with E-state index in [1.165, 1.54) is 24.0 Å². The van der Waals surface area contributed by atoms with E-state index >= 15 is 0 Å². The molecule has 0 bridgehead atoms. The van der Waals surface area contributed by atoms with Gasteiger partial charge in [-0.2, -0.15) is 0 Å². The molecule has 2 fully saturated rings. The first-order chi connectivity index (χ1) is 12.5. The van der Waals surface area contributed by atoms with Gasteiger partial charge >= 0.3 is 0 Å². The smallest absolute Gasteiger partial charge is 0.249 e. The molecule has 1 amide bonds. The molecule has 1 aromatic carbocycles. The zero-order valence-electron chi connectivity index (χ0n) is 16.2. The highest BCUT2D eigenvalue weighted by Crippen LogP contribution is 2.29. The van der Waals surface area contributed by atoms with Gasteiger partial charge in [0.2, 0.25) is 5.91 Å². The van der Waals surface area contributed by atoms with Crippen LogP contribution in [0.3, 0.4) is 0 Å². The fourth-order valence-electron chi connectivity index (χ4n) is 3.51. The first kappa shape index (κ1) is 19.3. The zero-order chi connectivity index (χ0) is 18.5. The van der Waals surface area contributed by atoms with E-state index in [1.807, 2.05) is 13.0 Å². The van der Waals surface area contributed by atoms with E-state index in [1.54, 1.807) is 0 Å². The van der Waals surface area contributed by atoms with Gasteiger partial charge in [-0.3, -0.25) is 9.69 Å². The highest BCUT2D eigenvalue weighted by atomic mass is 16.5. The third-order valence-corrected chi connectivity index (χ3v) is 5.11. The van der Waals surface area contributed by atoms with Gasteiger partial charge in [0.15, 0.2) is 0 Å². The van der Waals surface area contributed by atoms with Crippen molar-refractivity contribution in [2.45, 2.75) is 65.0 Å². The van der Waals surface area contributed by atoms with E-state index in [-0.39, 0.29) is 24.2 Å². The van der Waals surface area contributed by atoms with Crippen LogP contribution < -0.4 is 5.32 Å². The van der Waals surface area contributed by atoms with Crippen LogP contribution in [0.2, 0.25) is 0 Å². The predicted molar refractivity (Wildman–Crippen MR) is 102 cm³/mol. The standard InChI is InChI=1S/C21H32N2O3/c1-15-11-23(12-16(2)26-15)13-20-7-5-4-6-19(20)10-22-21(24)17(3)25-14-18-8-9-18/h4-7,15-18H,8-14H2,1-3H3,(H,22,24)/t15-,16-,17-/m1/s1. The topological polar surface area (TPSA) is 50.8 Å². The first-order valence-corrected chi connectivity index (χ1v) is 9.85. The van der Waals surface area contributed by atoms with E-state index in [0.717, 1.165) is 19.6 Å². The van der Waals surface area contributed by atoms with Crippen molar-refractivity contribution in [2.75, 3.05) is 19.7 Å². The van der Waals surface area contributed by atoms with Crippen LogP contribution in [0.1, 0.15) is 44.7 Å². The third-order valence-electron chi connectivity index (χ3n) is 5.11. The summed E-state index contributed by atoms with van der Waals surface area (Å²) in [6.45, 7) is 10.1. The van der Waals surface area contributed by atoms with Crippen molar-refractivity contribution >= 4 is 5.91 Å². The molecule has 0 spiro atoms. The molecule has 1 aliphatic heterocycles. The van der Waals surface area contributed by atoms with Crippen molar-refractivity contribution in [3.63, 3.8) is 0 Å². The number of nitrogens with one attached hydrogen (secondary N) is 1. The lowest BCUT2D eigenvalue weighted by molar-refractivity contribution is -0.132. The molecular formula is C21H32N2O3. The molecule has 5 nitrogen and oxygen atoms in total. The third kappa shape index (κ3) is 5.79. The number of rotatable bonds is 8. The maximum atomic E-state index is 12.3. The van der Waals surface area contributed by atoms with Gasteiger partial charge in [0.05, 0.1) is 18.8 Å². The summed E-state index contributed by atoms with van der Waals surface area (Å²) in [5.41, 5.74) is 2.43. The van der Waals surface area contributed by atoms with Crippen molar-refractivity contribution in [3.05, 3.63) is 35.4 Å². The van der Waals surface area contributed by atoms with Crippen LogP contribution in [-0.4, -0.2) is 48.8 Å². The van der Waals surface area contributed by atoms with Crippen molar-refractivity contribution in [1.82, 2.24) is 10.2 Å². The Bertz CT molecular complexity index is 593. The monoisotopic (exact) mass is 360 g/mol. The molecule has 0 radical (unpaired) electrons. The number of carbonyl (C=O) groups is 1. The molecule has 1 aliphatic carbocycles. The van der Waals surface area contributed by atoms with Crippen LogP contribution >= 0.6 is 0 Å². The number of benzene rings is 1. The van der Waals surface area contributed by atoms with Crippen molar-refractivity contribution in [1.29, 1.82) is 0 Å². The molecule has 0 unspecified atom stereocenters. The summed E-state index contributed by atoms with van der Waals surface area (Å²) in [5.74, 6) is 0.637. The Morgan fingerprint density at radius 3 is 2.54 bits per heavy atom. The highest BCUT2D eigenvalue weighted by molar-refractivity contribution is 5.80. The Hall–Kier alpha value is -1.43. The number of morpholine rings is 1. The number of nitrogens with zero attached hydrogens (tertiary/aromatic N) is 1. The van der Waals surface area contributed by atoms with Crippen LogP contribution in [0.4, 0.5) is 0 Å². The van der Waals surface area contributed by atoms with Crippen LogP contribution in [0, 0.1) is 5.92 Å². The zero-order valence-corrected chi connectivity index (χ0v) is 16.2. The second-order valence-corrected chi connectivity index (χ2v) is 7.86. The largest absolute Gasteiger partial charge is 0.373 e. The SMILES string of the molecule is C[C@@H]1CN(Cc2ccccc2CNC(=O)[C@@H](C)OCC2CC2)C[C@@H](C)O1. The number of carbonyl (C=O) groups excluding carboxylic acids is 1. The summed E-state index contributed by atoms with van der Waals surface area (Å²) in [6.07, 6.45) is 2.61. The van der Waals surface area contributed by atoms with E-state index in [9.17, 15) is 4.79 Å².